The molecule has 2 amide bonds. The molecule has 0 atom stereocenters. The highest BCUT2D eigenvalue weighted by atomic mass is 35.5. The molecular weight excluding hydrogens is 266 g/mol. The maximum Gasteiger partial charge on any atom is 0.319 e. The molecule has 1 aromatic rings. The Balaban J connectivity index is 1.87. The molecule has 0 aromatic heterocycles. The fraction of sp³-hybridized carbons (Fsp3) is 0.462. The lowest BCUT2D eigenvalue weighted by molar-refractivity contribution is 0.152. The van der Waals surface area contributed by atoms with Crippen LogP contribution in [-0.4, -0.2) is 51.0 Å². The maximum absolute atomic E-state index is 11.7. The second-order valence-electron chi connectivity index (χ2n) is 4.37. The number of carbonyl (C=O) groups excluding carboxylic acids is 1. The Hall–Kier alpha value is -1.46. The normalized spacial score (nSPS) is 15.5. The SMILES string of the molecule is COCNC(=O)N1CCN(c2cccc(Cl)c2)CC1. The van der Waals surface area contributed by atoms with Crippen LogP contribution >= 0.6 is 11.6 Å². The number of carbonyl (C=O) groups is 1. The van der Waals surface area contributed by atoms with Crippen molar-refractivity contribution < 1.29 is 9.53 Å². The first kappa shape index (κ1) is 14.0. The fourth-order valence-corrected chi connectivity index (χ4v) is 2.27. The first-order chi connectivity index (χ1) is 9.20. The minimum absolute atomic E-state index is 0.0763. The van der Waals surface area contributed by atoms with Crippen molar-refractivity contribution in [2.45, 2.75) is 0 Å². The molecule has 104 valence electrons. The van der Waals surface area contributed by atoms with Gasteiger partial charge >= 0.3 is 6.03 Å². The van der Waals surface area contributed by atoms with E-state index in [0.29, 0.717) is 13.1 Å². The number of hydrogen-bond acceptors (Lipinski definition) is 3. The Bertz CT molecular complexity index is 434. The van der Waals surface area contributed by atoms with Gasteiger partial charge in [-0.15, -0.1) is 0 Å². The molecule has 1 saturated heterocycles. The Morgan fingerprint density at radius 2 is 2.11 bits per heavy atom. The molecule has 0 aliphatic carbocycles. The van der Waals surface area contributed by atoms with Gasteiger partial charge in [0.1, 0.15) is 6.73 Å². The number of halogens is 1. The number of benzene rings is 1. The summed E-state index contributed by atoms with van der Waals surface area (Å²) < 4.78 is 4.82. The van der Waals surface area contributed by atoms with E-state index in [1.165, 1.54) is 0 Å². The number of methoxy groups -OCH3 is 1. The van der Waals surface area contributed by atoms with Gasteiger partial charge in [0.15, 0.2) is 0 Å². The first-order valence-corrected chi connectivity index (χ1v) is 6.61. The highest BCUT2D eigenvalue weighted by Gasteiger charge is 2.20. The van der Waals surface area contributed by atoms with Crippen molar-refractivity contribution in [2.24, 2.45) is 0 Å². The van der Waals surface area contributed by atoms with E-state index in [1.807, 2.05) is 24.3 Å². The van der Waals surface area contributed by atoms with E-state index in [4.69, 9.17) is 16.3 Å². The van der Waals surface area contributed by atoms with Gasteiger partial charge in [0.2, 0.25) is 0 Å². The van der Waals surface area contributed by atoms with Gasteiger partial charge in [0.05, 0.1) is 0 Å². The number of urea groups is 1. The van der Waals surface area contributed by atoms with Crippen molar-refractivity contribution in [3.05, 3.63) is 29.3 Å². The number of ether oxygens (including phenoxy) is 1. The van der Waals surface area contributed by atoms with Crippen LogP contribution in [0.2, 0.25) is 5.02 Å². The van der Waals surface area contributed by atoms with Crippen molar-refractivity contribution >= 4 is 23.3 Å². The lowest BCUT2D eigenvalue weighted by Gasteiger charge is -2.36. The molecule has 1 aromatic carbocycles. The van der Waals surface area contributed by atoms with E-state index in [9.17, 15) is 4.79 Å². The number of amides is 2. The molecule has 6 heteroatoms. The van der Waals surface area contributed by atoms with Crippen molar-refractivity contribution in [2.75, 3.05) is 44.9 Å². The zero-order chi connectivity index (χ0) is 13.7. The van der Waals surface area contributed by atoms with Crippen molar-refractivity contribution in [3.63, 3.8) is 0 Å². The van der Waals surface area contributed by atoms with Gasteiger partial charge in [-0.2, -0.15) is 0 Å². The summed E-state index contributed by atoms with van der Waals surface area (Å²) in [5, 5.41) is 3.42. The van der Waals surface area contributed by atoms with Crippen molar-refractivity contribution in [1.29, 1.82) is 0 Å². The summed E-state index contributed by atoms with van der Waals surface area (Å²) in [4.78, 5) is 15.8. The molecule has 0 spiro atoms. The Morgan fingerprint density at radius 1 is 1.37 bits per heavy atom. The van der Waals surface area contributed by atoms with Crippen LogP contribution in [-0.2, 0) is 4.74 Å². The van der Waals surface area contributed by atoms with Crippen LogP contribution in [0.25, 0.3) is 0 Å². The summed E-state index contributed by atoms with van der Waals surface area (Å²) >= 11 is 5.99. The smallest absolute Gasteiger partial charge is 0.319 e. The predicted molar refractivity (Wildman–Crippen MR) is 75.6 cm³/mol. The number of nitrogens with one attached hydrogen (secondary N) is 1. The van der Waals surface area contributed by atoms with Crippen LogP contribution in [0.15, 0.2) is 24.3 Å². The Labute approximate surface area is 118 Å². The Morgan fingerprint density at radius 3 is 2.74 bits per heavy atom. The third-order valence-electron chi connectivity index (χ3n) is 3.11. The van der Waals surface area contributed by atoms with Crippen LogP contribution in [0, 0.1) is 0 Å². The average Bonchev–Trinajstić information content (AvgIpc) is 2.45. The van der Waals surface area contributed by atoms with Crippen LogP contribution in [0.5, 0.6) is 0 Å². The van der Waals surface area contributed by atoms with Gasteiger partial charge in [-0.3, -0.25) is 0 Å². The van der Waals surface area contributed by atoms with Crippen LogP contribution < -0.4 is 10.2 Å². The third kappa shape index (κ3) is 3.75. The summed E-state index contributed by atoms with van der Waals surface area (Å²) in [7, 11) is 1.55. The van der Waals surface area contributed by atoms with Crippen LogP contribution in [0.1, 0.15) is 0 Å². The lowest BCUT2D eigenvalue weighted by Crippen LogP contribution is -2.52. The molecule has 1 N–H and O–H groups in total. The highest BCUT2D eigenvalue weighted by molar-refractivity contribution is 6.30. The van der Waals surface area contributed by atoms with Gasteiger partial charge in [-0.05, 0) is 18.2 Å². The van der Waals surface area contributed by atoms with E-state index in [2.05, 4.69) is 10.2 Å². The van der Waals surface area contributed by atoms with Crippen LogP contribution in [0.4, 0.5) is 10.5 Å². The number of nitrogens with zero attached hydrogens (tertiary/aromatic N) is 2. The minimum Gasteiger partial charge on any atom is -0.368 e. The molecule has 1 aliphatic rings. The molecule has 2 rings (SSSR count). The standard InChI is InChI=1S/C13H18ClN3O2/c1-19-10-15-13(18)17-7-5-16(6-8-17)12-4-2-3-11(14)9-12/h2-4,9H,5-8,10H2,1H3,(H,15,18). The van der Waals surface area contributed by atoms with Crippen molar-refractivity contribution in [1.82, 2.24) is 10.2 Å². The summed E-state index contributed by atoms with van der Waals surface area (Å²) in [5.41, 5.74) is 1.10. The number of rotatable bonds is 3. The highest BCUT2D eigenvalue weighted by Crippen LogP contribution is 2.20. The molecular formula is C13H18ClN3O2. The van der Waals surface area contributed by atoms with E-state index in [-0.39, 0.29) is 12.8 Å². The van der Waals surface area contributed by atoms with Gasteiger partial charge in [-0.25, -0.2) is 4.79 Å². The first-order valence-electron chi connectivity index (χ1n) is 6.23. The van der Waals surface area contributed by atoms with Gasteiger partial charge in [0.25, 0.3) is 0 Å². The largest absolute Gasteiger partial charge is 0.368 e. The number of hydrogen-bond donors (Lipinski definition) is 1. The second-order valence-corrected chi connectivity index (χ2v) is 4.81. The summed E-state index contributed by atoms with van der Waals surface area (Å²) in [5.74, 6) is 0. The van der Waals surface area contributed by atoms with Crippen LogP contribution in [0.3, 0.4) is 0 Å². The predicted octanol–water partition coefficient (Wildman–Crippen LogP) is 1.78. The molecule has 19 heavy (non-hydrogen) atoms. The monoisotopic (exact) mass is 283 g/mol. The fourth-order valence-electron chi connectivity index (χ4n) is 2.09. The van der Waals surface area contributed by atoms with E-state index in [0.717, 1.165) is 23.8 Å². The number of anilines is 1. The molecule has 5 nitrogen and oxygen atoms in total. The summed E-state index contributed by atoms with van der Waals surface area (Å²) in [6, 6.07) is 7.71. The molecule has 0 saturated carbocycles. The third-order valence-corrected chi connectivity index (χ3v) is 3.34. The van der Waals surface area contributed by atoms with E-state index in [1.54, 1.807) is 12.0 Å². The van der Waals surface area contributed by atoms with E-state index < -0.39 is 0 Å². The second kappa shape index (κ2) is 6.63. The molecule has 0 bridgehead atoms. The quantitative estimate of drug-likeness (QED) is 0.860. The zero-order valence-corrected chi connectivity index (χ0v) is 11.7. The summed E-state index contributed by atoms with van der Waals surface area (Å²) in [6.45, 7) is 3.25. The topological polar surface area (TPSA) is 44.8 Å². The number of piperazine rings is 1. The molecule has 0 radical (unpaired) electrons. The lowest BCUT2D eigenvalue weighted by atomic mass is 10.2. The van der Waals surface area contributed by atoms with E-state index >= 15 is 0 Å². The Kier molecular flexibility index (Phi) is 4.87. The minimum atomic E-state index is -0.0763. The zero-order valence-electron chi connectivity index (χ0n) is 10.9. The van der Waals surface area contributed by atoms with Gasteiger partial charge < -0.3 is 19.9 Å². The van der Waals surface area contributed by atoms with Gasteiger partial charge in [0, 0.05) is 44.0 Å². The average molecular weight is 284 g/mol. The molecule has 1 fully saturated rings. The van der Waals surface area contributed by atoms with Gasteiger partial charge in [-0.1, -0.05) is 17.7 Å². The molecule has 1 heterocycles. The maximum atomic E-state index is 11.7. The van der Waals surface area contributed by atoms with Crippen molar-refractivity contribution in [3.8, 4) is 0 Å². The molecule has 1 aliphatic heterocycles. The summed E-state index contributed by atoms with van der Waals surface area (Å²) in [6.07, 6.45) is 0. The molecule has 0 unspecified atom stereocenters.